The van der Waals surface area contributed by atoms with Crippen LogP contribution in [0.4, 0.5) is 42.5 Å². The number of pyridine rings is 1. The number of sulfonamides is 1. The third-order valence-electron chi connectivity index (χ3n) is 10.7. The largest absolute Gasteiger partial charge is 0.435 e. The number of carbonyl (C=O) groups excluding carboxylic acids is 1. The van der Waals surface area contributed by atoms with Gasteiger partial charge in [0.15, 0.2) is 17.2 Å². The van der Waals surface area contributed by atoms with Crippen molar-refractivity contribution in [3.8, 4) is 21.7 Å². The second-order valence-corrected chi connectivity index (χ2v) is 18.2. The Morgan fingerprint density at radius 3 is 2.40 bits per heavy atom. The van der Waals surface area contributed by atoms with Crippen molar-refractivity contribution in [1.82, 2.24) is 44.8 Å². The molecule has 0 bridgehead atoms. The fourth-order valence-electron chi connectivity index (χ4n) is 8.10. The number of nitrogens with zero attached hydrogens (tertiary/aromatic N) is 9. The van der Waals surface area contributed by atoms with Gasteiger partial charge in [0, 0.05) is 73.2 Å². The number of rotatable bonds is 11. The van der Waals surface area contributed by atoms with Gasteiger partial charge >= 0.3 is 6.18 Å². The van der Waals surface area contributed by atoms with Gasteiger partial charge in [-0.25, -0.2) is 37.1 Å². The van der Waals surface area contributed by atoms with E-state index in [4.69, 9.17) is 9.97 Å². The summed E-state index contributed by atoms with van der Waals surface area (Å²) in [7, 11) is 1.32. The van der Waals surface area contributed by atoms with Crippen LogP contribution in [0.3, 0.4) is 0 Å². The molecule has 1 amide bonds. The number of thiazole rings is 1. The maximum atomic E-state index is 15.5. The highest BCUT2D eigenvalue weighted by Gasteiger charge is 2.68. The molecule has 2 N–H and O–H groups in total. The second kappa shape index (κ2) is 14.4. The average molecular weight is 900 g/mol. The van der Waals surface area contributed by atoms with Crippen LogP contribution in [0, 0.1) is 17.6 Å². The fourth-order valence-corrected chi connectivity index (χ4v) is 9.52. The molecule has 0 aliphatic heterocycles. The molecule has 7 aromatic rings. The molecule has 2 aromatic carbocycles. The molecule has 322 valence electrons. The lowest BCUT2D eigenvalue weighted by Gasteiger charge is -2.23. The number of benzene rings is 2. The molecule has 1 unspecified atom stereocenters. The van der Waals surface area contributed by atoms with Gasteiger partial charge < -0.3 is 10.2 Å². The van der Waals surface area contributed by atoms with Crippen molar-refractivity contribution in [3.63, 3.8) is 0 Å². The van der Waals surface area contributed by atoms with Crippen molar-refractivity contribution in [2.75, 3.05) is 30.0 Å². The summed E-state index contributed by atoms with van der Waals surface area (Å²) in [4.78, 5) is 34.1. The first kappa shape index (κ1) is 41.1. The molecule has 1 saturated carbocycles. The van der Waals surface area contributed by atoms with Gasteiger partial charge in [-0.2, -0.15) is 32.1 Å². The Balaban J connectivity index is 1.21. The third kappa shape index (κ3) is 7.35. The topological polar surface area (TPSA) is 166 Å². The van der Waals surface area contributed by atoms with Crippen LogP contribution in [-0.2, 0) is 46.9 Å². The van der Waals surface area contributed by atoms with E-state index in [2.05, 4.69) is 30.2 Å². The van der Waals surface area contributed by atoms with Gasteiger partial charge in [0.2, 0.25) is 21.9 Å². The molecule has 0 radical (unpaired) electrons. The number of alkyl halides is 5. The minimum absolute atomic E-state index is 0.00296. The Hall–Kier alpha value is -6.23. The summed E-state index contributed by atoms with van der Waals surface area (Å²) in [6.07, 6.45) is -1.49. The van der Waals surface area contributed by atoms with Gasteiger partial charge in [-0.15, -0.1) is 11.3 Å². The normalized spacial score (nSPS) is 17.3. The fraction of sp³-hybridized carbons (Fsp3) is 0.308. The van der Waals surface area contributed by atoms with Crippen LogP contribution < -0.4 is 14.9 Å². The molecule has 0 saturated heterocycles. The molecule has 5 aromatic heterocycles. The highest BCUT2D eigenvalue weighted by molar-refractivity contribution is 7.92. The zero-order chi connectivity index (χ0) is 44.2. The number of amides is 1. The smallest absolute Gasteiger partial charge is 0.347 e. The van der Waals surface area contributed by atoms with Crippen molar-refractivity contribution in [2.24, 2.45) is 13.0 Å². The van der Waals surface area contributed by atoms with Crippen molar-refractivity contribution in [3.05, 3.63) is 94.7 Å². The molecule has 2 aliphatic rings. The average Bonchev–Trinajstić information content (AvgIpc) is 3.44. The minimum atomic E-state index is -5.08. The molecule has 9 rings (SSSR count). The molecule has 14 nitrogen and oxygen atoms in total. The van der Waals surface area contributed by atoms with Crippen LogP contribution >= 0.6 is 11.3 Å². The van der Waals surface area contributed by atoms with E-state index < -0.39 is 81.0 Å². The van der Waals surface area contributed by atoms with E-state index in [0.717, 1.165) is 18.4 Å². The van der Waals surface area contributed by atoms with Crippen molar-refractivity contribution in [1.29, 1.82) is 0 Å². The van der Waals surface area contributed by atoms with Gasteiger partial charge in [-0.3, -0.25) is 18.9 Å². The zero-order valence-electron chi connectivity index (χ0n) is 32.8. The molecule has 0 spiro atoms. The van der Waals surface area contributed by atoms with E-state index in [9.17, 15) is 35.2 Å². The van der Waals surface area contributed by atoms with E-state index in [1.165, 1.54) is 16.0 Å². The van der Waals surface area contributed by atoms with Crippen molar-refractivity contribution >= 4 is 60.3 Å². The summed E-state index contributed by atoms with van der Waals surface area (Å²) in [6, 6.07) is 7.96. The predicted octanol–water partition coefficient (Wildman–Crippen LogP) is 6.94. The van der Waals surface area contributed by atoms with Crippen LogP contribution in [0.5, 0.6) is 0 Å². The van der Waals surface area contributed by atoms with Crippen LogP contribution in [0.15, 0.2) is 54.9 Å². The van der Waals surface area contributed by atoms with Gasteiger partial charge in [0.05, 0.1) is 28.2 Å². The van der Waals surface area contributed by atoms with E-state index in [1.54, 1.807) is 62.7 Å². The number of hydrogen-bond donors (Lipinski definition) is 2. The number of anilines is 2. The number of para-hydroxylation sites is 1. The van der Waals surface area contributed by atoms with Crippen LogP contribution in [0.25, 0.3) is 42.9 Å². The SMILES string of the molecule is CN(C)c1ncc(-c2nc3nc([C@H](Cc4cc(F)cc(F)c4)NC(=O)Cn4nc(C(F)(F)F)c5c4C(F)(F)[C@@H]4CC54)c(-c4cccc5c(NS(C)(=O)=O)nn(C)c45)cc3s2)cn1. The summed E-state index contributed by atoms with van der Waals surface area (Å²) in [5.41, 5.74) is -1.23. The molecule has 5 heterocycles. The monoisotopic (exact) mass is 899 g/mol. The Kier molecular flexibility index (Phi) is 9.57. The maximum absolute atomic E-state index is 15.5. The molecule has 3 atom stereocenters. The van der Waals surface area contributed by atoms with E-state index in [-0.39, 0.29) is 35.6 Å². The first-order valence-electron chi connectivity index (χ1n) is 18.7. The third-order valence-corrected chi connectivity index (χ3v) is 12.3. The summed E-state index contributed by atoms with van der Waals surface area (Å²) >= 11 is 1.22. The first-order valence-corrected chi connectivity index (χ1v) is 21.4. The second-order valence-electron chi connectivity index (χ2n) is 15.4. The summed E-state index contributed by atoms with van der Waals surface area (Å²) < 4.78 is 132. The van der Waals surface area contributed by atoms with E-state index in [1.807, 2.05) is 0 Å². The number of nitrogens with one attached hydrogen (secondary N) is 2. The number of aryl methyl sites for hydroxylation is 1. The van der Waals surface area contributed by atoms with Crippen molar-refractivity contribution in [2.45, 2.75) is 43.4 Å². The van der Waals surface area contributed by atoms with Gasteiger partial charge in [0.25, 0.3) is 5.92 Å². The molecule has 62 heavy (non-hydrogen) atoms. The molecular formula is C39H32F7N11O3S2. The van der Waals surface area contributed by atoms with E-state index >= 15 is 8.78 Å². The minimum Gasteiger partial charge on any atom is -0.347 e. The van der Waals surface area contributed by atoms with Crippen LogP contribution in [-0.4, -0.2) is 74.2 Å². The quantitative estimate of drug-likeness (QED) is 0.130. The first-order chi connectivity index (χ1) is 29.2. The molecular weight excluding hydrogens is 868 g/mol. The Morgan fingerprint density at radius 2 is 1.74 bits per heavy atom. The van der Waals surface area contributed by atoms with Crippen LogP contribution in [0.1, 0.15) is 46.6 Å². The van der Waals surface area contributed by atoms with Gasteiger partial charge in [-0.05, 0) is 48.6 Å². The Bertz CT molecular complexity index is 3060. The lowest BCUT2D eigenvalue weighted by molar-refractivity contribution is -0.142. The number of aromatic nitrogens is 8. The number of fused-ring (bicyclic) bond motifs is 5. The van der Waals surface area contributed by atoms with Crippen molar-refractivity contribution < 1.29 is 43.9 Å². The van der Waals surface area contributed by atoms with E-state index in [0.29, 0.717) is 54.0 Å². The predicted molar refractivity (Wildman–Crippen MR) is 214 cm³/mol. The highest BCUT2D eigenvalue weighted by atomic mass is 32.2. The highest BCUT2D eigenvalue weighted by Crippen LogP contribution is 2.68. The number of halogens is 7. The lowest BCUT2D eigenvalue weighted by Crippen LogP contribution is -2.35. The van der Waals surface area contributed by atoms with Crippen LogP contribution in [0.2, 0.25) is 0 Å². The molecule has 23 heteroatoms. The maximum Gasteiger partial charge on any atom is 0.435 e. The Labute approximate surface area is 350 Å². The zero-order valence-corrected chi connectivity index (χ0v) is 34.4. The molecule has 2 aliphatic carbocycles. The summed E-state index contributed by atoms with van der Waals surface area (Å²) in [5.74, 6) is -8.59. The molecule has 1 fully saturated rings. The van der Waals surface area contributed by atoms with Gasteiger partial charge in [0.1, 0.15) is 28.9 Å². The lowest BCUT2D eigenvalue weighted by atomic mass is 9.94. The Morgan fingerprint density at radius 1 is 1.03 bits per heavy atom. The standard InChI is InChI=1S/C39H32F7N11O3S2/c1-55(2)37-47-14-18(15-48-37)36-51-35-27(61-36)13-23(21-6-5-7-22-31(21)56(3)53-34(22)54-62(4,59)60)30(50-35)26(10-17-8-19(40)11-20(41)9-17)49-28(58)16-57-33-29(32(52-57)39(44,45)46)24-12-25(24)38(33,42)43/h5-9,11,13-15,24-26H,10,12,16H2,1-4H3,(H,49,58)(H,53,54)/t24?,25-,26+/m1/s1. The summed E-state index contributed by atoms with van der Waals surface area (Å²) in [6.45, 7) is -1.07. The number of hydrogen-bond acceptors (Lipinski definition) is 11. The number of carbonyl (C=O) groups is 1. The van der Waals surface area contributed by atoms with Gasteiger partial charge in [-0.1, -0.05) is 12.1 Å². The summed E-state index contributed by atoms with van der Waals surface area (Å²) in [5, 5.41) is 11.4.